The monoisotopic (exact) mass is 304 g/mol. The number of hydrogen-bond donors (Lipinski definition) is 0. The predicted octanol–water partition coefficient (Wildman–Crippen LogP) is 2.07. The van der Waals surface area contributed by atoms with Gasteiger partial charge in [0, 0.05) is 20.3 Å². The summed E-state index contributed by atoms with van der Waals surface area (Å²) in [6, 6.07) is 0. The topological polar surface area (TPSA) is 68.1 Å². The second-order valence-corrected chi connectivity index (χ2v) is 6.17. The van der Waals surface area contributed by atoms with Crippen molar-refractivity contribution in [1.82, 2.24) is 18.2 Å². The zero-order valence-corrected chi connectivity index (χ0v) is 13.1. The molecule has 2 heterocycles. The molecule has 0 N–H and O–H groups in total. The van der Waals surface area contributed by atoms with Crippen molar-refractivity contribution in [2.45, 2.75) is 20.8 Å². The molecule has 0 aliphatic carbocycles. The summed E-state index contributed by atoms with van der Waals surface area (Å²) < 4.78 is 26.3. The number of hydrogen-bond acceptors (Lipinski definition) is 4. The number of halogens is 1. The van der Waals surface area contributed by atoms with E-state index < -0.39 is 10.2 Å². The first-order chi connectivity index (χ1) is 8.84. The first-order valence-electron chi connectivity index (χ1n) is 5.77. The second kappa shape index (κ2) is 5.85. The van der Waals surface area contributed by atoms with Gasteiger partial charge in [-0.1, -0.05) is 25.4 Å². The Bertz CT molecular complexity index is 679. The highest BCUT2D eigenvalue weighted by molar-refractivity contribution is 7.87. The summed E-state index contributed by atoms with van der Waals surface area (Å²) in [5.41, 5.74) is 1.48. The van der Waals surface area contributed by atoms with Crippen LogP contribution in [0, 0.1) is 6.92 Å². The summed E-state index contributed by atoms with van der Waals surface area (Å²) in [4.78, 5) is 8.08. The summed E-state index contributed by atoms with van der Waals surface area (Å²) in [5, 5.41) is 0.237. The van der Waals surface area contributed by atoms with Gasteiger partial charge in [-0.2, -0.15) is 12.7 Å². The Balaban J connectivity index is 0.000000861. The van der Waals surface area contributed by atoms with Crippen LogP contribution in [-0.2, 0) is 10.2 Å². The Morgan fingerprint density at radius 3 is 2.42 bits per heavy atom. The number of aryl methyl sites for hydroxylation is 1. The van der Waals surface area contributed by atoms with E-state index in [1.807, 2.05) is 13.8 Å². The third-order valence-corrected chi connectivity index (χ3v) is 4.21. The zero-order chi connectivity index (χ0) is 14.8. The SMILES string of the molecule is CC.Cc1cn(S(=O)(=O)N(C)C)c2ncc(Cl)nc12. The average Bonchev–Trinajstić information content (AvgIpc) is 2.69. The van der Waals surface area contributed by atoms with Gasteiger partial charge in [-0.25, -0.2) is 13.9 Å². The van der Waals surface area contributed by atoms with Crippen molar-refractivity contribution in [2.75, 3.05) is 14.1 Å². The molecule has 8 heteroatoms. The summed E-state index contributed by atoms with van der Waals surface area (Å²) in [6.45, 7) is 5.76. The van der Waals surface area contributed by atoms with Crippen molar-refractivity contribution >= 4 is 33.0 Å². The molecule has 6 nitrogen and oxygen atoms in total. The summed E-state index contributed by atoms with van der Waals surface area (Å²) in [7, 11) is -0.675. The lowest BCUT2D eigenvalue weighted by atomic mass is 10.3. The fourth-order valence-corrected chi connectivity index (χ4v) is 2.57. The molecule has 2 aromatic rings. The number of aromatic nitrogens is 3. The standard InChI is InChI=1S/C9H11ClN4O2S.C2H6/c1-6-5-14(17(15,16)13(2)3)9-8(6)12-7(10)4-11-9;1-2/h4-5H,1-3H3;1-2H3. The maximum absolute atomic E-state index is 12.0. The van der Waals surface area contributed by atoms with Crippen LogP contribution in [-0.4, -0.2) is 40.8 Å². The van der Waals surface area contributed by atoms with Crippen LogP contribution in [0.2, 0.25) is 5.15 Å². The largest absolute Gasteiger partial charge is 0.308 e. The Morgan fingerprint density at radius 2 is 1.89 bits per heavy atom. The molecule has 0 saturated heterocycles. The van der Waals surface area contributed by atoms with Gasteiger partial charge < -0.3 is 0 Å². The lowest BCUT2D eigenvalue weighted by Crippen LogP contribution is -2.28. The van der Waals surface area contributed by atoms with Crippen LogP contribution in [0.1, 0.15) is 19.4 Å². The normalized spacial score (nSPS) is 11.5. The first-order valence-corrected chi connectivity index (χ1v) is 7.54. The van der Waals surface area contributed by atoms with E-state index in [9.17, 15) is 8.42 Å². The van der Waals surface area contributed by atoms with E-state index in [0.717, 1.165) is 8.28 Å². The van der Waals surface area contributed by atoms with Crippen molar-refractivity contribution in [3.63, 3.8) is 0 Å². The molecule has 0 amide bonds. The lowest BCUT2D eigenvalue weighted by Gasteiger charge is -2.12. The molecular formula is C11H17ClN4O2S. The minimum atomic E-state index is -3.59. The molecule has 0 radical (unpaired) electrons. The van der Waals surface area contributed by atoms with Crippen LogP contribution in [0.15, 0.2) is 12.4 Å². The molecule has 0 bridgehead atoms. The third-order valence-electron chi connectivity index (χ3n) is 2.33. The van der Waals surface area contributed by atoms with Crippen LogP contribution in [0.5, 0.6) is 0 Å². The van der Waals surface area contributed by atoms with Gasteiger partial charge in [0.25, 0.3) is 0 Å². The second-order valence-electron chi connectivity index (χ2n) is 3.76. The van der Waals surface area contributed by atoms with E-state index in [4.69, 9.17) is 11.6 Å². The average molecular weight is 305 g/mol. The van der Waals surface area contributed by atoms with Gasteiger partial charge in [0.05, 0.1) is 6.20 Å². The summed E-state index contributed by atoms with van der Waals surface area (Å²) in [5.74, 6) is 0. The molecule has 0 atom stereocenters. The molecule has 0 aliphatic heterocycles. The van der Waals surface area contributed by atoms with Crippen LogP contribution in [0.3, 0.4) is 0 Å². The Morgan fingerprint density at radius 1 is 1.32 bits per heavy atom. The molecule has 2 rings (SSSR count). The van der Waals surface area contributed by atoms with Gasteiger partial charge >= 0.3 is 10.2 Å². The summed E-state index contributed by atoms with van der Waals surface area (Å²) in [6.07, 6.45) is 2.81. The smallest absolute Gasteiger partial charge is 0.233 e. The van der Waals surface area contributed by atoms with Crippen LogP contribution in [0.4, 0.5) is 0 Å². The fraction of sp³-hybridized carbons (Fsp3) is 0.455. The molecule has 0 unspecified atom stereocenters. The molecule has 0 aromatic carbocycles. The molecule has 0 saturated carbocycles. The number of rotatable bonds is 2. The summed E-state index contributed by atoms with van der Waals surface area (Å²) >= 11 is 5.73. The molecule has 0 spiro atoms. The number of fused-ring (bicyclic) bond motifs is 1. The van der Waals surface area contributed by atoms with Crippen molar-refractivity contribution in [3.05, 3.63) is 23.1 Å². The van der Waals surface area contributed by atoms with E-state index in [2.05, 4.69) is 9.97 Å². The Labute approximate surface area is 118 Å². The molecule has 0 fully saturated rings. The van der Waals surface area contributed by atoms with Crippen LogP contribution in [0.25, 0.3) is 11.2 Å². The zero-order valence-electron chi connectivity index (χ0n) is 11.5. The predicted molar refractivity (Wildman–Crippen MR) is 76.6 cm³/mol. The lowest BCUT2D eigenvalue weighted by molar-refractivity contribution is 0.512. The van der Waals surface area contributed by atoms with E-state index in [-0.39, 0.29) is 10.8 Å². The molecule has 0 aliphatic rings. The van der Waals surface area contributed by atoms with E-state index in [1.54, 1.807) is 6.92 Å². The van der Waals surface area contributed by atoms with Gasteiger partial charge in [0.1, 0.15) is 10.7 Å². The highest BCUT2D eigenvalue weighted by Crippen LogP contribution is 2.20. The van der Waals surface area contributed by atoms with Gasteiger partial charge in [0.2, 0.25) is 0 Å². The van der Waals surface area contributed by atoms with Crippen molar-refractivity contribution in [2.24, 2.45) is 0 Å². The van der Waals surface area contributed by atoms with Gasteiger partial charge in [0.15, 0.2) is 5.65 Å². The Hall–Kier alpha value is -1.18. The van der Waals surface area contributed by atoms with Gasteiger partial charge in [-0.05, 0) is 12.5 Å². The Kier molecular flexibility index (Phi) is 4.89. The van der Waals surface area contributed by atoms with Crippen molar-refractivity contribution in [1.29, 1.82) is 0 Å². The quantitative estimate of drug-likeness (QED) is 0.852. The van der Waals surface area contributed by atoms with Gasteiger partial charge in [-0.3, -0.25) is 0 Å². The van der Waals surface area contributed by atoms with Crippen molar-refractivity contribution in [3.8, 4) is 0 Å². The molecular weight excluding hydrogens is 288 g/mol. The maximum Gasteiger partial charge on any atom is 0.308 e. The molecule has 2 aromatic heterocycles. The van der Waals surface area contributed by atoms with E-state index in [0.29, 0.717) is 11.1 Å². The molecule has 19 heavy (non-hydrogen) atoms. The van der Waals surface area contributed by atoms with Crippen LogP contribution >= 0.6 is 11.6 Å². The maximum atomic E-state index is 12.0. The first kappa shape index (κ1) is 15.9. The third kappa shape index (κ3) is 2.88. The van der Waals surface area contributed by atoms with E-state index >= 15 is 0 Å². The van der Waals surface area contributed by atoms with Crippen LogP contribution < -0.4 is 0 Å². The minimum Gasteiger partial charge on any atom is -0.233 e. The fourth-order valence-electron chi connectivity index (χ4n) is 1.44. The molecule has 106 valence electrons. The van der Waals surface area contributed by atoms with E-state index in [1.165, 1.54) is 26.5 Å². The van der Waals surface area contributed by atoms with Crippen molar-refractivity contribution < 1.29 is 8.42 Å². The highest BCUT2D eigenvalue weighted by Gasteiger charge is 2.21. The van der Waals surface area contributed by atoms with Gasteiger partial charge in [-0.15, -0.1) is 0 Å². The minimum absolute atomic E-state index is 0.237. The highest BCUT2D eigenvalue weighted by atomic mass is 35.5. The number of nitrogens with zero attached hydrogens (tertiary/aromatic N) is 4.